The Kier molecular flexibility index (Phi) is 4.32. The summed E-state index contributed by atoms with van der Waals surface area (Å²) in [7, 11) is 1.65. The van der Waals surface area contributed by atoms with Crippen molar-refractivity contribution >= 4 is 34.6 Å². The minimum absolute atomic E-state index is 0.0560. The van der Waals surface area contributed by atoms with Crippen LogP contribution in [0.1, 0.15) is 17.2 Å². The van der Waals surface area contributed by atoms with E-state index in [0.29, 0.717) is 5.11 Å². The predicted octanol–water partition coefficient (Wildman–Crippen LogP) is 3.91. The molecule has 112 valence electrons. The molecule has 2 aromatic carbocycles. The van der Waals surface area contributed by atoms with E-state index in [-0.39, 0.29) is 6.04 Å². The molecule has 0 aromatic heterocycles. The van der Waals surface area contributed by atoms with Gasteiger partial charge in [-0.15, -0.1) is 0 Å². The summed E-state index contributed by atoms with van der Waals surface area (Å²) in [6.45, 7) is 0. The Morgan fingerprint density at radius 2 is 1.82 bits per heavy atom. The highest BCUT2D eigenvalue weighted by molar-refractivity contribution is 7.80. The lowest BCUT2D eigenvalue weighted by Gasteiger charge is -2.27. The number of ether oxygens (including phenoxy) is 1. The monoisotopic (exact) mass is 330 g/mol. The van der Waals surface area contributed by atoms with Gasteiger partial charge in [0.25, 0.3) is 0 Å². The van der Waals surface area contributed by atoms with Crippen LogP contribution in [0.25, 0.3) is 5.70 Å². The van der Waals surface area contributed by atoms with Crippen molar-refractivity contribution in [1.29, 1.82) is 0 Å². The molecule has 0 amide bonds. The summed E-state index contributed by atoms with van der Waals surface area (Å²) in [4.78, 5) is 0. The van der Waals surface area contributed by atoms with Gasteiger partial charge in [-0.1, -0.05) is 29.8 Å². The van der Waals surface area contributed by atoms with Crippen molar-refractivity contribution in [2.45, 2.75) is 6.04 Å². The average Bonchev–Trinajstić information content (AvgIpc) is 2.55. The summed E-state index contributed by atoms with van der Waals surface area (Å²) in [6.07, 6.45) is 2.08. The first-order chi connectivity index (χ1) is 10.7. The molecular formula is C17H15ClN2OS. The molecule has 3 nitrogen and oxygen atoms in total. The normalized spacial score (nSPS) is 17.3. The maximum atomic E-state index is 6.29. The van der Waals surface area contributed by atoms with Crippen LogP contribution in [0.4, 0.5) is 0 Å². The van der Waals surface area contributed by atoms with Gasteiger partial charge in [-0.3, -0.25) is 0 Å². The summed E-state index contributed by atoms with van der Waals surface area (Å²) in [6, 6.07) is 15.5. The van der Waals surface area contributed by atoms with Gasteiger partial charge in [0.15, 0.2) is 5.11 Å². The number of thiocarbonyl (C=S) groups is 1. The Morgan fingerprint density at radius 3 is 2.50 bits per heavy atom. The van der Waals surface area contributed by atoms with E-state index in [1.165, 1.54) is 0 Å². The van der Waals surface area contributed by atoms with Crippen LogP contribution in [0.3, 0.4) is 0 Å². The highest BCUT2D eigenvalue weighted by atomic mass is 35.5. The van der Waals surface area contributed by atoms with E-state index in [0.717, 1.165) is 27.6 Å². The molecule has 0 fully saturated rings. The van der Waals surface area contributed by atoms with Crippen molar-refractivity contribution < 1.29 is 4.74 Å². The zero-order valence-corrected chi connectivity index (χ0v) is 13.5. The quantitative estimate of drug-likeness (QED) is 0.836. The first kappa shape index (κ1) is 14.9. The van der Waals surface area contributed by atoms with Crippen molar-refractivity contribution in [2.24, 2.45) is 0 Å². The summed E-state index contributed by atoms with van der Waals surface area (Å²) >= 11 is 11.6. The molecule has 1 aliphatic rings. The number of hydrogen-bond acceptors (Lipinski definition) is 2. The lowest BCUT2D eigenvalue weighted by molar-refractivity contribution is 0.415. The topological polar surface area (TPSA) is 33.3 Å². The van der Waals surface area contributed by atoms with E-state index in [1.807, 2.05) is 48.5 Å². The third-order valence-corrected chi connectivity index (χ3v) is 4.07. The van der Waals surface area contributed by atoms with Gasteiger partial charge in [0.05, 0.1) is 13.2 Å². The molecule has 2 aromatic rings. The third kappa shape index (κ3) is 3.08. The molecule has 5 heteroatoms. The Balaban J connectivity index is 1.96. The van der Waals surface area contributed by atoms with E-state index in [9.17, 15) is 0 Å². The minimum Gasteiger partial charge on any atom is -0.497 e. The molecule has 0 unspecified atom stereocenters. The maximum absolute atomic E-state index is 6.29. The van der Waals surface area contributed by atoms with E-state index in [1.54, 1.807) is 7.11 Å². The van der Waals surface area contributed by atoms with Gasteiger partial charge >= 0.3 is 0 Å². The third-order valence-electron chi connectivity index (χ3n) is 3.51. The van der Waals surface area contributed by atoms with Gasteiger partial charge in [0.1, 0.15) is 5.75 Å². The molecule has 1 aliphatic heterocycles. The van der Waals surface area contributed by atoms with E-state index in [2.05, 4.69) is 16.7 Å². The molecule has 0 saturated heterocycles. The second-order valence-corrected chi connectivity index (χ2v) is 5.72. The zero-order chi connectivity index (χ0) is 15.5. The largest absolute Gasteiger partial charge is 0.497 e. The SMILES string of the molecule is COc1ccc(C2=C[C@H](c3ccccc3Cl)NC(=S)N2)cc1. The van der Waals surface area contributed by atoms with E-state index >= 15 is 0 Å². The number of halogens is 1. The van der Waals surface area contributed by atoms with Gasteiger partial charge in [-0.05, 0) is 59.8 Å². The number of rotatable bonds is 3. The first-order valence-corrected chi connectivity index (χ1v) is 7.64. The Labute approximate surface area is 139 Å². The van der Waals surface area contributed by atoms with Crippen LogP contribution in [-0.4, -0.2) is 12.2 Å². The molecular weight excluding hydrogens is 316 g/mol. The van der Waals surface area contributed by atoms with Crippen molar-refractivity contribution in [3.8, 4) is 5.75 Å². The predicted molar refractivity (Wildman–Crippen MR) is 94.0 cm³/mol. The van der Waals surface area contributed by atoms with Crippen LogP contribution in [0.15, 0.2) is 54.6 Å². The zero-order valence-electron chi connectivity index (χ0n) is 12.0. The van der Waals surface area contributed by atoms with Crippen LogP contribution in [-0.2, 0) is 0 Å². The number of benzene rings is 2. The van der Waals surface area contributed by atoms with Gasteiger partial charge in [0, 0.05) is 10.7 Å². The summed E-state index contributed by atoms with van der Waals surface area (Å²) in [5.41, 5.74) is 3.00. The standard InChI is InChI=1S/C17H15ClN2OS/c1-21-12-8-6-11(7-9-12)15-10-16(20-17(22)19-15)13-4-2-3-5-14(13)18/h2-10,16H,1H3,(H2,19,20,22)/t16-/m1/s1. The Bertz CT molecular complexity index is 728. The first-order valence-electron chi connectivity index (χ1n) is 6.85. The molecule has 2 N–H and O–H groups in total. The van der Waals surface area contributed by atoms with Crippen molar-refractivity contribution in [1.82, 2.24) is 10.6 Å². The van der Waals surface area contributed by atoms with Crippen molar-refractivity contribution in [3.63, 3.8) is 0 Å². The maximum Gasteiger partial charge on any atom is 0.171 e. The molecule has 3 rings (SSSR count). The summed E-state index contributed by atoms with van der Waals surface area (Å²) in [5.74, 6) is 0.823. The lowest BCUT2D eigenvalue weighted by atomic mass is 10.0. The number of hydrogen-bond donors (Lipinski definition) is 2. The van der Waals surface area contributed by atoms with Gasteiger partial charge in [0.2, 0.25) is 0 Å². The minimum atomic E-state index is -0.0560. The van der Waals surface area contributed by atoms with E-state index in [4.69, 9.17) is 28.6 Å². The fraction of sp³-hybridized carbons (Fsp3) is 0.118. The molecule has 22 heavy (non-hydrogen) atoms. The second kappa shape index (κ2) is 6.38. The van der Waals surface area contributed by atoms with Crippen LogP contribution in [0, 0.1) is 0 Å². The van der Waals surface area contributed by atoms with Gasteiger partial charge < -0.3 is 15.4 Å². The highest BCUT2D eigenvalue weighted by Crippen LogP contribution is 2.28. The van der Waals surface area contributed by atoms with Crippen LogP contribution < -0.4 is 15.4 Å². The van der Waals surface area contributed by atoms with E-state index < -0.39 is 0 Å². The lowest BCUT2D eigenvalue weighted by Crippen LogP contribution is -2.40. The van der Waals surface area contributed by atoms with Crippen LogP contribution in [0.5, 0.6) is 5.75 Å². The summed E-state index contributed by atoms with van der Waals surface area (Å²) < 4.78 is 5.19. The molecule has 0 spiro atoms. The fourth-order valence-corrected chi connectivity index (χ4v) is 2.87. The average molecular weight is 331 g/mol. The second-order valence-electron chi connectivity index (χ2n) is 4.91. The Morgan fingerprint density at radius 1 is 1.09 bits per heavy atom. The molecule has 0 aliphatic carbocycles. The smallest absolute Gasteiger partial charge is 0.171 e. The fourth-order valence-electron chi connectivity index (χ4n) is 2.38. The van der Waals surface area contributed by atoms with Gasteiger partial charge in [-0.2, -0.15) is 0 Å². The van der Waals surface area contributed by atoms with Gasteiger partial charge in [-0.25, -0.2) is 0 Å². The molecule has 1 heterocycles. The molecule has 1 atom stereocenters. The molecule has 0 radical (unpaired) electrons. The van der Waals surface area contributed by atoms with Crippen molar-refractivity contribution in [3.05, 3.63) is 70.8 Å². The van der Waals surface area contributed by atoms with Crippen molar-refractivity contribution in [2.75, 3.05) is 7.11 Å². The number of methoxy groups -OCH3 is 1. The molecule has 0 saturated carbocycles. The summed E-state index contributed by atoms with van der Waals surface area (Å²) in [5, 5.41) is 7.72. The van der Waals surface area contributed by atoms with Crippen LogP contribution >= 0.6 is 23.8 Å². The molecule has 0 bridgehead atoms. The number of nitrogens with one attached hydrogen (secondary N) is 2. The highest BCUT2D eigenvalue weighted by Gasteiger charge is 2.20. The Hall–Kier alpha value is -2.04. The van der Waals surface area contributed by atoms with Crippen LogP contribution in [0.2, 0.25) is 5.02 Å².